The minimum Gasteiger partial charge on any atom is -0.444 e. The average Bonchev–Trinajstić information content (AvgIpc) is 2.57. The Kier molecular flexibility index (Phi) is 3.58. The molecular weight excluding hydrogens is 228 g/mol. The van der Waals surface area contributed by atoms with E-state index in [1.165, 1.54) is 6.42 Å². The number of nitrogens with two attached hydrogens (primary N) is 1. The topological polar surface area (TPSA) is 55.6 Å². The van der Waals surface area contributed by atoms with Gasteiger partial charge in [0, 0.05) is 19.1 Å². The predicted molar refractivity (Wildman–Crippen MR) is 71.3 cm³/mol. The smallest absolute Gasteiger partial charge is 0.410 e. The fourth-order valence-corrected chi connectivity index (χ4v) is 3.31. The van der Waals surface area contributed by atoms with Crippen molar-refractivity contribution in [3.05, 3.63) is 0 Å². The lowest BCUT2D eigenvalue weighted by Crippen LogP contribution is -2.47. The lowest BCUT2D eigenvalue weighted by molar-refractivity contribution is 0.00478. The van der Waals surface area contributed by atoms with Crippen LogP contribution in [-0.4, -0.2) is 35.7 Å². The van der Waals surface area contributed by atoms with Crippen molar-refractivity contribution >= 4 is 6.09 Å². The summed E-state index contributed by atoms with van der Waals surface area (Å²) in [5.41, 5.74) is 5.89. The summed E-state index contributed by atoms with van der Waals surface area (Å²) in [6.07, 6.45) is 5.44. The van der Waals surface area contributed by atoms with E-state index in [1.807, 2.05) is 25.7 Å². The maximum absolute atomic E-state index is 12.1. The van der Waals surface area contributed by atoms with Crippen LogP contribution in [0.2, 0.25) is 0 Å². The SMILES string of the molecule is CC(C)(C)OC(=O)N1CCCC2(CCC(N)C2)C1. The fourth-order valence-electron chi connectivity index (χ4n) is 3.31. The molecule has 1 amide bonds. The Morgan fingerprint density at radius 1 is 1.39 bits per heavy atom. The monoisotopic (exact) mass is 254 g/mol. The summed E-state index contributed by atoms with van der Waals surface area (Å²) in [6.45, 7) is 7.39. The number of nitrogens with zero attached hydrogens (tertiary/aromatic N) is 1. The van der Waals surface area contributed by atoms with Gasteiger partial charge in [-0.05, 0) is 58.3 Å². The third kappa shape index (κ3) is 3.16. The van der Waals surface area contributed by atoms with E-state index in [0.717, 1.165) is 38.8 Å². The standard InChI is InChI=1S/C14H26N2O2/c1-13(2,3)18-12(17)16-8-4-6-14(10-16)7-5-11(15)9-14/h11H,4-10,15H2,1-3H3. The third-order valence-electron chi connectivity index (χ3n) is 4.05. The molecule has 0 bridgehead atoms. The molecule has 2 fully saturated rings. The van der Waals surface area contributed by atoms with Crippen molar-refractivity contribution in [3.8, 4) is 0 Å². The van der Waals surface area contributed by atoms with E-state index in [0.29, 0.717) is 6.04 Å². The van der Waals surface area contributed by atoms with E-state index in [-0.39, 0.29) is 11.5 Å². The van der Waals surface area contributed by atoms with Gasteiger partial charge in [-0.25, -0.2) is 4.79 Å². The van der Waals surface area contributed by atoms with Gasteiger partial charge in [0.15, 0.2) is 0 Å². The molecule has 2 N–H and O–H groups in total. The van der Waals surface area contributed by atoms with Gasteiger partial charge in [-0.2, -0.15) is 0 Å². The summed E-state index contributed by atoms with van der Waals surface area (Å²) in [6, 6.07) is 0.323. The highest BCUT2D eigenvalue weighted by Gasteiger charge is 2.42. The van der Waals surface area contributed by atoms with Crippen LogP contribution in [-0.2, 0) is 4.74 Å². The number of rotatable bonds is 0. The molecule has 2 aliphatic rings. The number of likely N-dealkylation sites (tertiary alicyclic amines) is 1. The minimum absolute atomic E-state index is 0.165. The molecule has 1 heterocycles. The van der Waals surface area contributed by atoms with E-state index in [4.69, 9.17) is 10.5 Å². The molecule has 1 saturated carbocycles. The molecule has 1 saturated heterocycles. The molecule has 1 aliphatic carbocycles. The number of carbonyl (C=O) groups is 1. The highest BCUT2D eigenvalue weighted by atomic mass is 16.6. The Hall–Kier alpha value is -0.770. The zero-order valence-electron chi connectivity index (χ0n) is 11.9. The zero-order valence-corrected chi connectivity index (χ0v) is 11.9. The van der Waals surface area contributed by atoms with Gasteiger partial charge in [0.2, 0.25) is 0 Å². The van der Waals surface area contributed by atoms with E-state index in [2.05, 4.69) is 0 Å². The number of hydrogen-bond acceptors (Lipinski definition) is 3. The van der Waals surface area contributed by atoms with Crippen molar-refractivity contribution in [2.45, 2.75) is 64.5 Å². The molecule has 1 spiro atoms. The van der Waals surface area contributed by atoms with Gasteiger partial charge in [0.25, 0.3) is 0 Å². The summed E-state index contributed by atoms with van der Waals surface area (Å²) in [4.78, 5) is 14.0. The molecule has 0 aromatic heterocycles. The second-order valence-electron chi connectivity index (χ2n) is 7.01. The molecule has 0 aromatic carbocycles. The molecule has 1 aliphatic heterocycles. The summed E-state index contributed by atoms with van der Waals surface area (Å²) in [7, 11) is 0. The van der Waals surface area contributed by atoms with Crippen LogP contribution < -0.4 is 5.73 Å². The minimum atomic E-state index is -0.409. The summed E-state index contributed by atoms with van der Waals surface area (Å²) >= 11 is 0. The normalized spacial score (nSPS) is 32.9. The highest BCUT2D eigenvalue weighted by molar-refractivity contribution is 5.68. The first-order valence-electron chi connectivity index (χ1n) is 7.03. The van der Waals surface area contributed by atoms with Crippen molar-refractivity contribution in [1.82, 2.24) is 4.90 Å². The summed E-state index contributed by atoms with van der Waals surface area (Å²) < 4.78 is 5.46. The van der Waals surface area contributed by atoms with Crippen LogP contribution in [0.3, 0.4) is 0 Å². The Morgan fingerprint density at radius 3 is 2.67 bits per heavy atom. The summed E-state index contributed by atoms with van der Waals surface area (Å²) in [5, 5.41) is 0. The van der Waals surface area contributed by atoms with Gasteiger partial charge in [-0.3, -0.25) is 0 Å². The first kappa shape index (κ1) is 13.7. The van der Waals surface area contributed by atoms with Crippen LogP contribution in [0.25, 0.3) is 0 Å². The lowest BCUT2D eigenvalue weighted by Gasteiger charge is -2.40. The molecule has 104 valence electrons. The van der Waals surface area contributed by atoms with Gasteiger partial charge in [-0.1, -0.05) is 0 Å². The summed E-state index contributed by atoms with van der Waals surface area (Å²) in [5.74, 6) is 0. The van der Waals surface area contributed by atoms with E-state index in [9.17, 15) is 4.79 Å². The molecule has 4 heteroatoms. The number of hydrogen-bond donors (Lipinski definition) is 1. The Bertz CT molecular complexity index is 320. The van der Waals surface area contributed by atoms with Crippen LogP contribution in [0.4, 0.5) is 4.79 Å². The molecule has 0 aromatic rings. The van der Waals surface area contributed by atoms with Crippen molar-refractivity contribution in [1.29, 1.82) is 0 Å². The second-order valence-corrected chi connectivity index (χ2v) is 7.01. The Balaban J connectivity index is 1.97. The lowest BCUT2D eigenvalue weighted by atomic mass is 9.78. The van der Waals surface area contributed by atoms with Crippen LogP contribution >= 0.6 is 0 Å². The van der Waals surface area contributed by atoms with Gasteiger partial charge < -0.3 is 15.4 Å². The van der Waals surface area contributed by atoms with Crippen molar-refractivity contribution in [2.24, 2.45) is 11.1 Å². The third-order valence-corrected chi connectivity index (χ3v) is 4.05. The van der Waals surface area contributed by atoms with Crippen LogP contribution in [0.1, 0.15) is 52.9 Å². The zero-order chi connectivity index (χ0) is 13.4. The first-order valence-corrected chi connectivity index (χ1v) is 7.03. The number of carbonyl (C=O) groups excluding carboxylic acids is 1. The van der Waals surface area contributed by atoms with Crippen molar-refractivity contribution in [2.75, 3.05) is 13.1 Å². The predicted octanol–water partition coefficient (Wildman–Crippen LogP) is 2.51. The average molecular weight is 254 g/mol. The Labute approximate surface area is 110 Å². The van der Waals surface area contributed by atoms with E-state index < -0.39 is 5.60 Å². The maximum Gasteiger partial charge on any atom is 0.410 e. The van der Waals surface area contributed by atoms with Crippen molar-refractivity contribution in [3.63, 3.8) is 0 Å². The van der Waals surface area contributed by atoms with Gasteiger partial charge in [0.1, 0.15) is 5.60 Å². The Morgan fingerprint density at radius 2 is 2.11 bits per heavy atom. The van der Waals surface area contributed by atoms with Gasteiger partial charge >= 0.3 is 6.09 Å². The van der Waals surface area contributed by atoms with Gasteiger partial charge in [0.05, 0.1) is 0 Å². The molecule has 2 unspecified atom stereocenters. The largest absolute Gasteiger partial charge is 0.444 e. The van der Waals surface area contributed by atoms with Gasteiger partial charge in [-0.15, -0.1) is 0 Å². The van der Waals surface area contributed by atoms with Crippen molar-refractivity contribution < 1.29 is 9.53 Å². The molecule has 2 atom stereocenters. The molecule has 18 heavy (non-hydrogen) atoms. The van der Waals surface area contributed by atoms with Crippen LogP contribution in [0.5, 0.6) is 0 Å². The van der Waals surface area contributed by atoms with Crippen LogP contribution in [0, 0.1) is 5.41 Å². The highest BCUT2D eigenvalue weighted by Crippen LogP contribution is 2.44. The fraction of sp³-hybridized carbons (Fsp3) is 0.929. The van der Waals surface area contributed by atoms with Crippen LogP contribution in [0.15, 0.2) is 0 Å². The molecular formula is C14H26N2O2. The molecule has 2 rings (SSSR count). The maximum atomic E-state index is 12.1. The number of amides is 1. The van der Waals surface area contributed by atoms with E-state index >= 15 is 0 Å². The number of piperidine rings is 1. The first-order chi connectivity index (χ1) is 8.30. The molecule has 4 nitrogen and oxygen atoms in total. The quantitative estimate of drug-likeness (QED) is 0.722. The molecule has 0 radical (unpaired) electrons. The number of ether oxygens (including phenoxy) is 1. The van der Waals surface area contributed by atoms with E-state index in [1.54, 1.807) is 0 Å². The second kappa shape index (κ2) is 4.72.